The number of halogens is 1. The summed E-state index contributed by atoms with van der Waals surface area (Å²) in [6.45, 7) is 0. The second-order valence-electron chi connectivity index (χ2n) is 4.90. The van der Waals surface area contributed by atoms with Gasteiger partial charge in [0.2, 0.25) is 11.8 Å². The van der Waals surface area contributed by atoms with Gasteiger partial charge in [0.15, 0.2) is 0 Å². The van der Waals surface area contributed by atoms with Crippen LogP contribution in [0, 0.1) is 0 Å². The SMILES string of the molecule is O=C(CCC(=O)Nc1ccccc1)NNC(=O)c1ccccc1Br. The molecule has 0 fully saturated rings. The van der Waals surface area contributed by atoms with Crippen molar-refractivity contribution in [2.45, 2.75) is 12.8 Å². The van der Waals surface area contributed by atoms with E-state index < -0.39 is 11.8 Å². The zero-order chi connectivity index (χ0) is 17.4. The molecule has 0 unspecified atom stereocenters. The second-order valence-corrected chi connectivity index (χ2v) is 5.75. The van der Waals surface area contributed by atoms with E-state index in [4.69, 9.17) is 0 Å². The summed E-state index contributed by atoms with van der Waals surface area (Å²) in [5.41, 5.74) is 5.67. The summed E-state index contributed by atoms with van der Waals surface area (Å²) in [7, 11) is 0. The summed E-state index contributed by atoms with van der Waals surface area (Å²) in [6.07, 6.45) is -0.0134. The smallest absolute Gasteiger partial charge is 0.270 e. The van der Waals surface area contributed by atoms with E-state index in [1.807, 2.05) is 6.07 Å². The van der Waals surface area contributed by atoms with Gasteiger partial charge in [-0.15, -0.1) is 0 Å². The van der Waals surface area contributed by atoms with E-state index >= 15 is 0 Å². The Kier molecular flexibility index (Phi) is 6.51. The fourth-order valence-corrected chi connectivity index (χ4v) is 2.34. The minimum atomic E-state index is -0.446. The van der Waals surface area contributed by atoms with Gasteiger partial charge in [-0.3, -0.25) is 25.2 Å². The number of carbonyl (C=O) groups is 3. The van der Waals surface area contributed by atoms with Crippen LogP contribution in [0.5, 0.6) is 0 Å². The average molecular weight is 390 g/mol. The van der Waals surface area contributed by atoms with Crippen molar-refractivity contribution >= 4 is 39.3 Å². The van der Waals surface area contributed by atoms with Crippen LogP contribution in [0.3, 0.4) is 0 Å². The van der Waals surface area contributed by atoms with Crippen molar-refractivity contribution in [2.75, 3.05) is 5.32 Å². The maximum atomic E-state index is 11.9. The van der Waals surface area contributed by atoms with Crippen molar-refractivity contribution in [3.05, 3.63) is 64.6 Å². The molecule has 2 aromatic carbocycles. The first-order valence-corrected chi connectivity index (χ1v) is 8.04. The highest BCUT2D eigenvalue weighted by Gasteiger charge is 2.11. The van der Waals surface area contributed by atoms with Crippen molar-refractivity contribution in [3.8, 4) is 0 Å². The van der Waals surface area contributed by atoms with Crippen molar-refractivity contribution in [1.82, 2.24) is 10.9 Å². The Morgan fingerprint density at radius 3 is 2.12 bits per heavy atom. The second kappa shape index (κ2) is 8.83. The summed E-state index contributed by atoms with van der Waals surface area (Å²) in [5, 5.41) is 2.68. The van der Waals surface area contributed by atoms with Crippen molar-refractivity contribution in [1.29, 1.82) is 0 Å². The third-order valence-corrected chi connectivity index (χ3v) is 3.76. The number of hydrogen-bond acceptors (Lipinski definition) is 3. The Morgan fingerprint density at radius 2 is 1.42 bits per heavy atom. The number of anilines is 1. The van der Waals surface area contributed by atoms with Crippen LogP contribution in [-0.2, 0) is 9.59 Å². The fourth-order valence-electron chi connectivity index (χ4n) is 1.87. The minimum absolute atomic E-state index is 0.0195. The molecule has 3 amide bonds. The number of hydrazine groups is 1. The standard InChI is InChI=1S/C17H16BrN3O3/c18-14-9-5-4-8-13(14)17(24)21-20-16(23)11-10-15(22)19-12-6-2-1-3-7-12/h1-9H,10-11H2,(H,19,22)(H,20,23)(H,21,24). The van der Waals surface area contributed by atoms with Crippen LogP contribution in [-0.4, -0.2) is 17.7 Å². The van der Waals surface area contributed by atoms with Crippen molar-refractivity contribution in [2.24, 2.45) is 0 Å². The zero-order valence-corrected chi connectivity index (χ0v) is 14.3. The molecule has 0 saturated carbocycles. The molecule has 0 spiro atoms. The Morgan fingerprint density at radius 1 is 0.792 bits per heavy atom. The zero-order valence-electron chi connectivity index (χ0n) is 12.7. The van der Waals surface area contributed by atoms with Crippen LogP contribution < -0.4 is 16.2 Å². The molecule has 0 atom stereocenters. The number of nitrogens with one attached hydrogen (secondary N) is 3. The van der Waals surface area contributed by atoms with E-state index in [9.17, 15) is 14.4 Å². The lowest BCUT2D eigenvalue weighted by Crippen LogP contribution is -2.41. The predicted octanol–water partition coefficient (Wildman–Crippen LogP) is 2.63. The molecule has 0 aliphatic heterocycles. The van der Waals surface area contributed by atoms with Gasteiger partial charge in [0.25, 0.3) is 5.91 Å². The first-order valence-electron chi connectivity index (χ1n) is 7.25. The van der Waals surface area contributed by atoms with Gasteiger partial charge in [-0.25, -0.2) is 0 Å². The van der Waals surface area contributed by atoms with Crippen LogP contribution in [0.15, 0.2) is 59.1 Å². The number of hydrogen-bond donors (Lipinski definition) is 3. The summed E-state index contributed by atoms with van der Waals surface area (Å²) >= 11 is 3.26. The summed E-state index contributed by atoms with van der Waals surface area (Å²) < 4.78 is 0.624. The molecule has 0 radical (unpaired) electrons. The molecule has 6 nitrogen and oxygen atoms in total. The Labute approximate surface area is 147 Å². The van der Waals surface area contributed by atoms with E-state index in [2.05, 4.69) is 32.1 Å². The first-order chi connectivity index (χ1) is 11.6. The third-order valence-electron chi connectivity index (χ3n) is 3.07. The van der Waals surface area contributed by atoms with Gasteiger partial charge < -0.3 is 5.32 Å². The lowest BCUT2D eigenvalue weighted by Gasteiger charge is -2.08. The molecule has 2 aromatic rings. The first kappa shape index (κ1) is 17.7. The topological polar surface area (TPSA) is 87.3 Å². The molecular formula is C17H16BrN3O3. The Balaban J connectivity index is 1.72. The van der Waals surface area contributed by atoms with E-state index in [1.165, 1.54) is 0 Å². The molecule has 7 heteroatoms. The van der Waals surface area contributed by atoms with Gasteiger partial charge in [0, 0.05) is 23.0 Å². The molecule has 0 saturated heterocycles. The van der Waals surface area contributed by atoms with Gasteiger partial charge in [-0.1, -0.05) is 30.3 Å². The molecule has 3 N–H and O–H groups in total. The highest BCUT2D eigenvalue weighted by molar-refractivity contribution is 9.10. The highest BCUT2D eigenvalue weighted by Crippen LogP contribution is 2.15. The summed E-state index contributed by atoms with van der Waals surface area (Å²) in [4.78, 5) is 35.4. The van der Waals surface area contributed by atoms with Gasteiger partial charge >= 0.3 is 0 Å². The summed E-state index contributed by atoms with van der Waals surface area (Å²) in [6, 6.07) is 15.8. The quantitative estimate of drug-likeness (QED) is 0.686. The number of para-hydroxylation sites is 1. The third kappa shape index (κ3) is 5.51. The van der Waals surface area contributed by atoms with E-state index in [0.717, 1.165) is 0 Å². The minimum Gasteiger partial charge on any atom is -0.326 e. The van der Waals surface area contributed by atoms with Crippen molar-refractivity contribution < 1.29 is 14.4 Å². The molecule has 0 heterocycles. The average Bonchev–Trinajstić information content (AvgIpc) is 2.59. The number of benzene rings is 2. The van der Waals surface area contributed by atoms with Gasteiger partial charge in [0.1, 0.15) is 0 Å². The molecule has 24 heavy (non-hydrogen) atoms. The molecular weight excluding hydrogens is 374 g/mol. The predicted molar refractivity (Wildman–Crippen MR) is 94.1 cm³/mol. The fraction of sp³-hybridized carbons (Fsp3) is 0.118. The maximum absolute atomic E-state index is 11.9. The highest BCUT2D eigenvalue weighted by atomic mass is 79.9. The maximum Gasteiger partial charge on any atom is 0.270 e. The Bertz CT molecular complexity index is 735. The molecule has 2 rings (SSSR count). The van der Waals surface area contributed by atoms with Crippen LogP contribution in [0.1, 0.15) is 23.2 Å². The van der Waals surface area contributed by atoms with E-state index in [-0.39, 0.29) is 18.7 Å². The largest absolute Gasteiger partial charge is 0.326 e. The van der Waals surface area contributed by atoms with Crippen LogP contribution in [0.4, 0.5) is 5.69 Å². The molecule has 0 aliphatic rings. The summed E-state index contributed by atoms with van der Waals surface area (Å²) in [5.74, 6) is -1.16. The monoisotopic (exact) mass is 389 g/mol. The number of carbonyl (C=O) groups excluding carboxylic acids is 3. The van der Waals surface area contributed by atoms with Crippen LogP contribution in [0.25, 0.3) is 0 Å². The van der Waals surface area contributed by atoms with Crippen molar-refractivity contribution in [3.63, 3.8) is 0 Å². The normalized spacial score (nSPS) is 9.88. The van der Waals surface area contributed by atoms with Crippen LogP contribution >= 0.6 is 15.9 Å². The van der Waals surface area contributed by atoms with Gasteiger partial charge in [0.05, 0.1) is 5.56 Å². The van der Waals surface area contributed by atoms with E-state index in [0.29, 0.717) is 15.7 Å². The molecule has 0 aliphatic carbocycles. The molecule has 124 valence electrons. The lowest BCUT2D eigenvalue weighted by atomic mass is 10.2. The van der Waals surface area contributed by atoms with Crippen LogP contribution in [0.2, 0.25) is 0 Å². The molecule has 0 aromatic heterocycles. The van der Waals surface area contributed by atoms with E-state index in [1.54, 1.807) is 48.5 Å². The number of amides is 3. The van der Waals surface area contributed by atoms with Gasteiger partial charge in [-0.05, 0) is 40.2 Å². The Hall–Kier alpha value is -2.67. The van der Waals surface area contributed by atoms with Gasteiger partial charge in [-0.2, -0.15) is 0 Å². The lowest BCUT2D eigenvalue weighted by molar-refractivity contribution is -0.124. The molecule has 0 bridgehead atoms. The number of rotatable bonds is 5.